The molecule has 1 aliphatic carbocycles. The monoisotopic (exact) mass is 477 g/mol. The van der Waals surface area contributed by atoms with Crippen molar-refractivity contribution in [3.05, 3.63) is 94.5 Å². The fourth-order valence-corrected chi connectivity index (χ4v) is 4.46. The van der Waals surface area contributed by atoms with Gasteiger partial charge in [0.2, 0.25) is 10.0 Å². The summed E-state index contributed by atoms with van der Waals surface area (Å²) in [6.45, 7) is 3.91. The molecule has 8 heteroatoms. The Labute approximate surface area is 199 Å². The van der Waals surface area contributed by atoms with Gasteiger partial charge in [0.05, 0.1) is 4.90 Å². The van der Waals surface area contributed by atoms with Crippen LogP contribution in [0.15, 0.2) is 71.6 Å². The fourth-order valence-electron chi connectivity index (χ4n) is 3.35. The Morgan fingerprint density at radius 3 is 2.26 bits per heavy atom. The van der Waals surface area contributed by atoms with E-state index in [-0.39, 0.29) is 29.3 Å². The van der Waals surface area contributed by atoms with Crippen LogP contribution in [0, 0.1) is 13.8 Å². The van der Waals surface area contributed by atoms with E-state index in [2.05, 4.69) is 15.4 Å². The zero-order valence-electron chi connectivity index (χ0n) is 19.1. The Kier molecular flexibility index (Phi) is 6.81. The van der Waals surface area contributed by atoms with Gasteiger partial charge in [-0.05, 0) is 85.8 Å². The number of hydrogen-bond acceptors (Lipinski definition) is 4. The number of sulfonamides is 1. The van der Waals surface area contributed by atoms with Crippen molar-refractivity contribution in [3.63, 3.8) is 0 Å². The third-order valence-corrected chi connectivity index (χ3v) is 7.17. The topological polar surface area (TPSA) is 104 Å². The number of aryl methyl sites for hydroxylation is 2. The van der Waals surface area contributed by atoms with Crippen molar-refractivity contribution in [2.45, 2.75) is 44.2 Å². The van der Waals surface area contributed by atoms with Gasteiger partial charge in [-0.1, -0.05) is 24.3 Å². The highest BCUT2D eigenvalue weighted by atomic mass is 32.2. The molecule has 0 aliphatic heterocycles. The first-order chi connectivity index (χ1) is 16.2. The largest absolute Gasteiger partial charge is 0.349 e. The van der Waals surface area contributed by atoms with Crippen LogP contribution in [0.4, 0.5) is 5.69 Å². The average Bonchev–Trinajstić information content (AvgIpc) is 3.64. The van der Waals surface area contributed by atoms with E-state index < -0.39 is 10.0 Å². The number of amides is 2. The summed E-state index contributed by atoms with van der Waals surface area (Å²) in [6.07, 6.45) is 2.01. The quantitative estimate of drug-likeness (QED) is 0.457. The molecular formula is C26H27N3O4S. The zero-order chi connectivity index (χ0) is 24.3. The van der Waals surface area contributed by atoms with Crippen LogP contribution in [0.2, 0.25) is 0 Å². The summed E-state index contributed by atoms with van der Waals surface area (Å²) < 4.78 is 27.8. The molecular weight excluding hydrogens is 450 g/mol. The van der Waals surface area contributed by atoms with Gasteiger partial charge in [-0.3, -0.25) is 9.59 Å². The Balaban J connectivity index is 1.36. The maximum atomic E-state index is 12.6. The molecule has 0 heterocycles. The summed E-state index contributed by atoms with van der Waals surface area (Å²) in [5, 5.41) is 5.73. The van der Waals surface area contributed by atoms with Crippen LogP contribution >= 0.6 is 0 Å². The predicted octanol–water partition coefficient (Wildman–Crippen LogP) is 3.93. The van der Waals surface area contributed by atoms with Crippen LogP contribution in [0.25, 0.3) is 0 Å². The summed E-state index contributed by atoms with van der Waals surface area (Å²) >= 11 is 0. The lowest BCUT2D eigenvalue weighted by Crippen LogP contribution is -2.25. The van der Waals surface area contributed by atoms with Crippen LogP contribution in [-0.2, 0) is 16.6 Å². The maximum Gasteiger partial charge on any atom is 0.255 e. The van der Waals surface area contributed by atoms with Gasteiger partial charge >= 0.3 is 0 Å². The molecule has 3 aromatic rings. The molecule has 0 radical (unpaired) electrons. The minimum atomic E-state index is -3.64. The van der Waals surface area contributed by atoms with Crippen molar-refractivity contribution in [2.24, 2.45) is 0 Å². The van der Waals surface area contributed by atoms with Crippen LogP contribution < -0.4 is 15.4 Å². The number of carbonyl (C=O) groups excluding carboxylic acids is 2. The van der Waals surface area contributed by atoms with Crippen molar-refractivity contribution in [1.82, 2.24) is 10.0 Å². The minimum absolute atomic E-state index is 0.106. The molecule has 0 bridgehead atoms. The first-order valence-electron chi connectivity index (χ1n) is 11.1. The highest BCUT2D eigenvalue weighted by Crippen LogP contribution is 2.20. The van der Waals surface area contributed by atoms with Crippen molar-refractivity contribution < 1.29 is 18.0 Å². The smallest absolute Gasteiger partial charge is 0.255 e. The maximum absolute atomic E-state index is 12.6. The SMILES string of the molecule is Cc1ccc(S(=O)(=O)NCc2ccc(C(=O)Nc3cccc(C(=O)NC4CC4)c3)cc2)cc1C. The van der Waals surface area contributed by atoms with Gasteiger partial charge in [0.1, 0.15) is 0 Å². The van der Waals surface area contributed by atoms with Crippen LogP contribution in [-0.4, -0.2) is 26.3 Å². The minimum Gasteiger partial charge on any atom is -0.349 e. The molecule has 0 spiro atoms. The van der Waals surface area contributed by atoms with Gasteiger partial charge in [-0.15, -0.1) is 0 Å². The number of rotatable bonds is 8. The highest BCUT2D eigenvalue weighted by molar-refractivity contribution is 7.89. The number of anilines is 1. The van der Waals surface area contributed by atoms with Crippen molar-refractivity contribution in [2.75, 3.05) is 5.32 Å². The van der Waals surface area contributed by atoms with E-state index in [1.807, 2.05) is 13.8 Å². The second-order valence-electron chi connectivity index (χ2n) is 8.55. The Morgan fingerprint density at radius 1 is 0.853 bits per heavy atom. The van der Waals surface area contributed by atoms with E-state index in [0.717, 1.165) is 29.5 Å². The van der Waals surface area contributed by atoms with Gasteiger partial charge in [0.15, 0.2) is 0 Å². The molecule has 1 aliphatic rings. The lowest BCUT2D eigenvalue weighted by Gasteiger charge is -2.10. The highest BCUT2D eigenvalue weighted by Gasteiger charge is 2.24. The van der Waals surface area contributed by atoms with Crippen molar-refractivity contribution in [3.8, 4) is 0 Å². The summed E-state index contributed by atoms with van der Waals surface area (Å²) in [5.41, 5.74) is 4.11. The van der Waals surface area contributed by atoms with E-state index >= 15 is 0 Å². The van der Waals surface area contributed by atoms with Crippen molar-refractivity contribution in [1.29, 1.82) is 0 Å². The summed E-state index contributed by atoms with van der Waals surface area (Å²) in [6, 6.07) is 18.8. The third-order valence-electron chi connectivity index (χ3n) is 5.77. The third kappa shape index (κ3) is 5.89. The molecule has 1 fully saturated rings. The van der Waals surface area contributed by atoms with Gasteiger partial charge in [-0.2, -0.15) is 0 Å². The number of nitrogens with one attached hydrogen (secondary N) is 3. The molecule has 3 aromatic carbocycles. The van der Waals surface area contributed by atoms with Gasteiger partial charge in [0, 0.05) is 29.4 Å². The second kappa shape index (κ2) is 9.79. The normalized spacial score (nSPS) is 13.4. The van der Waals surface area contributed by atoms with Gasteiger partial charge < -0.3 is 10.6 Å². The lowest BCUT2D eigenvalue weighted by atomic mass is 10.1. The summed E-state index contributed by atoms with van der Waals surface area (Å²) in [7, 11) is -3.64. The van der Waals surface area contributed by atoms with Gasteiger partial charge in [-0.25, -0.2) is 13.1 Å². The van der Waals surface area contributed by atoms with Gasteiger partial charge in [0.25, 0.3) is 11.8 Å². The molecule has 0 saturated heterocycles. The van der Waals surface area contributed by atoms with Crippen molar-refractivity contribution >= 4 is 27.5 Å². The van der Waals surface area contributed by atoms with E-state index in [1.54, 1.807) is 66.7 Å². The lowest BCUT2D eigenvalue weighted by molar-refractivity contribution is 0.0949. The Bertz CT molecular complexity index is 1330. The average molecular weight is 478 g/mol. The van der Waals surface area contributed by atoms with Crippen LogP contribution in [0.1, 0.15) is 50.2 Å². The summed E-state index contributed by atoms with van der Waals surface area (Å²) in [4.78, 5) is 25.1. The van der Waals surface area contributed by atoms with E-state index in [1.165, 1.54) is 0 Å². The second-order valence-corrected chi connectivity index (χ2v) is 10.3. The van der Waals surface area contributed by atoms with Crippen LogP contribution in [0.3, 0.4) is 0 Å². The first kappa shape index (κ1) is 23.7. The summed E-state index contributed by atoms with van der Waals surface area (Å²) in [5.74, 6) is -0.465. The zero-order valence-corrected chi connectivity index (χ0v) is 19.9. The molecule has 0 aromatic heterocycles. The number of benzene rings is 3. The molecule has 34 heavy (non-hydrogen) atoms. The van der Waals surface area contributed by atoms with E-state index in [9.17, 15) is 18.0 Å². The number of hydrogen-bond donors (Lipinski definition) is 3. The molecule has 4 rings (SSSR count). The molecule has 0 atom stereocenters. The molecule has 0 unspecified atom stereocenters. The molecule has 2 amide bonds. The van der Waals surface area contributed by atoms with E-state index in [4.69, 9.17) is 0 Å². The Hall–Kier alpha value is -3.49. The Morgan fingerprint density at radius 2 is 1.59 bits per heavy atom. The molecule has 7 nitrogen and oxygen atoms in total. The molecule has 1 saturated carbocycles. The first-order valence-corrected chi connectivity index (χ1v) is 12.6. The molecule has 176 valence electrons. The number of carbonyl (C=O) groups is 2. The standard InChI is InChI=1S/C26H27N3O4S/c1-17-6-13-24(14-18(17)2)34(32,33)27-16-19-7-9-20(10-8-19)25(30)29-23-5-3-4-21(15-23)26(31)28-22-11-12-22/h3-10,13-15,22,27H,11-12,16H2,1-2H3,(H,28,31)(H,29,30). The van der Waals surface area contributed by atoms with Crippen LogP contribution in [0.5, 0.6) is 0 Å². The van der Waals surface area contributed by atoms with E-state index in [0.29, 0.717) is 16.8 Å². The fraction of sp³-hybridized carbons (Fsp3) is 0.231. The molecule has 3 N–H and O–H groups in total. The predicted molar refractivity (Wildman–Crippen MR) is 131 cm³/mol.